The van der Waals surface area contributed by atoms with Crippen molar-refractivity contribution >= 4 is 27.0 Å². The Morgan fingerprint density at radius 2 is 2.06 bits per heavy atom. The maximum Gasteiger partial charge on any atom is 0.301 e. The first-order chi connectivity index (χ1) is 7.88. The first kappa shape index (κ1) is 11.9. The topological polar surface area (TPSA) is 75.4 Å². The lowest BCUT2D eigenvalue weighted by atomic mass is 10.3. The fourth-order valence-corrected chi connectivity index (χ4v) is 1.95. The van der Waals surface area contributed by atoms with Crippen LogP contribution >= 0.6 is 0 Å². The molecule has 0 bridgehead atoms. The molecule has 7 heteroatoms. The van der Waals surface area contributed by atoms with Gasteiger partial charge in [-0.05, 0) is 18.2 Å². The van der Waals surface area contributed by atoms with Crippen LogP contribution in [0, 0.1) is 6.92 Å². The molecule has 2 rings (SSSR count). The number of aromatic nitrogens is 1. The molecule has 1 aromatic carbocycles. The zero-order valence-electron chi connectivity index (χ0n) is 9.76. The maximum atomic E-state index is 11.6. The van der Waals surface area contributed by atoms with Crippen LogP contribution in [0.5, 0.6) is 0 Å². The van der Waals surface area contributed by atoms with Crippen LogP contribution in [0.1, 0.15) is 5.89 Å². The molecule has 0 amide bonds. The van der Waals surface area contributed by atoms with Gasteiger partial charge in [0.05, 0.1) is 5.69 Å². The zero-order chi connectivity index (χ0) is 12.6. The molecular formula is C10H13N3O3S. The summed E-state index contributed by atoms with van der Waals surface area (Å²) < 4.78 is 32.1. The van der Waals surface area contributed by atoms with E-state index < -0.39 is 10.2 Å². The Labute approximate surface area is 99.4 Å². The van der Waals surface area contributed by atoms with Crippen LogP contribution in [-0.4, -0.2) is 31.8 Å². The van der Waals surface area contributed by atoms with Gasteiger partial charge in [0.1, 0.15) is 5.52 Å². The van der Waals surface area contributed by atoms with E-state index in [1.165, 1.54) is 14.1 Å². The molecule has 1 heterocycles. The maximum absolute atomic E-state index is 11.6. The highest BCUT2D eigenvalue weighted by atomic mass is 32.2. The predicted molar refractivity (Wildman–Crippen MR) is 65.0 cm³/mol. The van der Waals surface area contributed by atoms with Gasteiger partial charge in [0.2, 0.25) is 0 Å². The number of aryl methyl sites for hydroxylation is 1. The Kier molecular flexibility index (Phi) is 2.80. The molecule has 0 spiro atoms. The minimum Gasteiger partial charge on any atom is -0.441 e. The van der Waals surface area contributed by atoms with Crippen molar-refractivity contribution in [3.63, 3.8) is 0 Å². The van der Waals surface area contributed by atoms with Gasteiger partial charge in [-0.15, -0.1) is 0 Å². The monoisotopic (exact) mass is 255 g/mol. The van der Waals surface area contributed by atoms with Crippen molar-refractivity contribution in [3.05, 3.63) is 24.1 Å². The van der Waals surface area contributed by atoms with E-state index in [-0.39, 0.29) is 0 Å². The zero-order valence-corrected chi connectivity index (χ0v) is 10.6. The van der Waals surface area contributed by atoms with Crippen LogP contribution in [0.2, 0.25) is 0 Å². The third-order valence-electron chi connectivity index (χ3n) is 2.22. The van der Waals surface area contributed by atoms with E-state index >= 15 is 0 Å². The number of anilines is 1. The molecular weight excluding hydrogens is 242 g/mol. The van der Waals surface area contributed by atoms with Crippen molar-refractivity contribution in [3.8, 4) is 0 Å². The molecule has 0 saturated heterocycles. The summed E-state index contributed by atoms with van der Waals surface area (Å²) in [6.45, 7) is 1.74. The highest BCUT2D eigenvalue weighted by molar-refractivity contribution is 7.90. The Morgan fingerprint density at radius 1 is 1.35 bits per heavy atom. The molecule has 17 heavy (non-hydrogen) atoms. The van der Waals surface area contributed by atoms with Gasteiger partial charge in [0, 0.05) is 21.0 Å². The number of hydrogen-bond acceptors (Lipinski definition) is 4. The number of nitrogens with zero attached hydrogens (tertiary/aromatic N) is 2. The van der Waals surface area contributed by atoms with Crippen molar-refractivity contribution in [2.24, 2.45) is 0 Å². The van der Waals surface area contributed by atoms with E-state index in [1.54, 1.807) is 25.1 Å². The molecule has 0 aliphatic rings. The quantitative estimate of drug-likeness (QED) is 0.898. The van der Waals surface area contributed by atoms with E-state index in [2.05, 4.69) is 9.71 Å². The van der Waals surface area contributed by atoms with E-state index in [1.807, 2.05) is 0 Å². The predicted octanol–water partition coefficient (Wildman–Crippen LogP) is 1.35. The molecule has 2 aromatic rings. The summed E-state index contributed by atoms with van der Waals surface area (Å²) in [6, 6.07) is 4.95. The van der Waals surface area contributed by atoms with Crippen molar-refractivity contribution in [2.75, 3.05) is 18.8 Å². The summed E-state index contributed by atoms with van der Waals surface area (Å²) in [5.41, 5.74) is 1.72. The minimum absolute atomic E-state index is 0.458. The van der Waals surface area contributed by atoms with Crippen molar-refractivity contribution in [2.45, 2.75) is 6.92 Å². The molecule has 1 N–H and O–H groups in total. The van der Waals surface area contributed by atoms with Gasteiger partial charge < -0.3 is 4.42 Å². The fourth-order valence-electron chi connectivity index (χ4n) is 1.35. The standard InChI is InChI=1S/C10H13N3O3S/c1-7-11-9-6-8(4-5-10(9)16-7)12-17(14,15)13(2)3/h4-6,12H,1-3H3. The first-order valence-corrected chi connectivity index (χ1v) is 6.40. The van der Waals surface area contributed by atoms with Crippen LogP contribution < -0.4 is 4.72 Å². The SMILES string of the molecule is Cc1nc2cc(NS(=O)(=O)N(C)C)ccc2o1. The number of fused-ring (bicyclic) bond motifs is 1. The third-order valence-corrected chi connectivity index (χ3v) is 3.68. The molecule has 0 atom stereocenters. The average molecular weight is 255 g/mol. The van der Waals surface area contributed by atoms with E-state index in [0.717, 1.165) is 4.31 Å². The molecule has 0 aliphatic carbocycles. The van der Waals surface area contributed by atoms with Gasteiger partial charge in [0.25, 0.3) is 0 Å². The lowest BCUT2D eigenvalue weighted by Crippen LogP contribution is -2.28. The van der Waals surface area contributed by atoms with Crippen LogP contribution in [0.3, 0.4) is 0 Å². The van der Waals surface area contributed by atoms with Gasteiger partial charge in [-0.2, -0.15) is 12.7 Å². The van der Waals surface area contributed by atoms with Crippen LogP contribution in [0.4, 0.5) is 5.69 Å². The molecule has 0 radical (unpaired) electrons. The summed E-state index contributed by atoms with van der Waals surface area (Å²) >= 11 is 0. The minimum atomic E-state index is -3.49. The summed E-state index contributed by atoms with van der Waals surface area (Å²) in [5, 5.41) is 0. The number of nitrogens with one attached hydrogen (secondary N) is 1. The largest absolute Gasteiger partial charge is 0.441 e. The second-order valence-electron chi connectivity index (χ2n) is 3.80. The first-order valence-electron chi connectivity index (χ1n) is 4.96. The van der Waals surface area contributed by atoms with Crippen molar-refractivity contribution < 1.29 is 12.8 Å². The van der Waals surface area contributed by atoms with E-state index in [4.69, 9.17) is 4.42 Å². The Bertz CT molecular complexity index is 646. The van der Waals surface area contributed by atoms with E-state index in [0.29, 0.717) is 22.7 Å². The molecule has 6 nitrogen and oxygen atoms in total. The molecule has 0 unspecified atom stereocenters. The normalized spacial score (nSPS) is 12.2. The second-order valence-corrected chi connectivity index (χ2v) is 5.69. The van der Waals surface area contributed by atoms with Gasteiger partial charge in [-0.3, -0.25) is 4.72 Å². The second kappa shape index (κ2) is 4.01. The lowest BCUT2D eigenvalue weighted by Gasteiger charge is -2.12. The number of oxazole rings is 1. The molecule has 1 aromatic heterocycles. The third kappa shape index (κ3) is 2.40. The Morgan fingerprint density at radius 3 is 2.71 bits per heavy atom. The highest BCUT2D eigenvalue weighted by Gasteiger charge is 2.13. The van der Waals surface area contributed by atoms with Crippen molar-refractivity contribution in [1.82, 2.24) is 9.29 Å². The van der Waals surface area contributed by atoms with Gasteiger partial charge in [-0.25, -0.2) is 4.98 Å². The molecule has 0 fully saturated rings. The molecule has 0 aliphatic heterocycles. The Hall–Kier alpha value is -1.60. The Balaban J connectivity index is 2.37. The summed E-state index contributed by atoms with van der Waals surface area (Å²) in [4.78, 5) is 4.13. The van der Waals surface area contributed by atoms with Gasteiger partial charge in [0.15, 0.2) is 11.5 Å². The summed E-state index contributed by atoms with van der Waals surface area (Å²) in [6.07, 6.45) is 0. The van der Waals surface area contributed by atoms with Crippen LogP contribution in [0.25, 0.3) is 11.1 Å². The smallest absolute Gasteiger partial charge is 0.301 e. The van der Waals surface area contributed by atoms with E-state index in [9.17, 15) is 8.42 Å². The van der Waals surface area contributed by atoms with Crippen LogP contribution in [0.15, 0.2) is 22.6 Å². The van der Waals surface area contributed by atoms with Gasteiger partial charge in [-0.1, -0.05) is 0 Å². The molecule has 92 valence electrons. The highest BCUT2D eigenvalue weighted by Crippen LogP contribution is 2.20. The number of benzene rings is 1. The van der Waals surface area contributed by atoms with Crippen molar-refractivity contribution in [1.29, 1.82) is 0 Å². The lowest BCUT2D eigenvalue weighted by molar-refractivity contribution is 0.527. The number of rotatable bonds is 3. The fraction of sp³-hybridized carbons (Fsp3) is 0.300. The average Bonchev–Trinajstić information content (AvgIpc) is 2.56. The summed E-state index contributed by atoms with van der Waals surface area (Å²) in [7, 11) is -0.569. The summed E-state index contributed by atoms with van der Waals surface area (Å²) in [5.74, 6) is 0.549. The molecule has 0 saturated carbocycles. The van der Waals surface area contributed by atoms with Crippen LogP contribution in [-0.2, 0) is 10.2 Å². The number of hydrogen-bond donors (Lipinski definition) is 1. The van der Waals surface area contributed by atoms with Gasteiger partial charge >= 0.3 is 10.2 Å².